The predicted octanol–water partition coefficient (Wildman–Crippen LogP) is 3.22. The zero-order chi connectivity index (χ0) is 14.3. The van der Waals surface area contributed by atoms with Gasteiger partial charge in [0, 0.05) is 18.9 Å². The number of aryl methyl sites for hydroxylation is 1. The molecule has 0 aliphatic heterocycles. The molecule has 0 aromatic carbocycles. The van der Waals surface area contributed by atoms with E-state index in [4.69, 9.17) is 4.52 Å². The summed E-state index contributed by atoms with van der Waals surface area (Å²) in [5.74, 6) is 2.97. The van der Waals surface area contributed by atoms with Crippen LogP contribution in [0.4, 0.5) is 0 Å². The molecule has 1 unspecified atom stereocenters. The van der Waals surface area contributed by atoms with Crippen LogP contribution in [-0.2, 0) is 12.8 Å². The molecule has 4 heteroatoms. The van der Waals surface area contributed by atoms with Gasteiger partial charge in [0.25, 0.3) is 0 Å². The second kappa shape index (κ2) is 8.31. The topological polar surface area (TPSA) is 51.0 Å². The predicted molar refractivity (Wildman–Crippen MR) is 78.1 cm³/mol. The molecule has 0 spiro atoms. The van der Waals surface area contributed by atoms with Gasteiger partial charge < -0.3 is 9.84 Å². The molecular weight excluding hydrogens is 238 g/mol. The molecule has 0 saturated heterocycles. The van der Waals surface area contributed by atoms with Crippen molar-refractivity contribution in [1.29, 1.82) is 0 Å². The standard InChI is InChI=1S/C15H29N3O/c1-6-16-13(9-12(4)5)10-15-17-14(18-19-15)8-7-11(2)3/h11-13,16H,6-10H2,1-5H3. The molecule has 1 aromatic heterocycles. The fourth-order valence-electron chi connectivity index (χ4n) is 2.20. The maximum absolute atomic E-state index is 5.35. The van der Waals surface area contributed by atoms with Gasteiger partial charge in [-0.25, -0.2) is 0 Å². The van der Waals surface area contributed by atoms with Gasteiger partial charge in [0.15, 0.2) is 5.82 Å². The molecule has 0 aliphatic carbocycles. The second-order valence-electron chi connectivity index (χ2n) is 6.13. The molecule has 0 bridgehead atoms. The Morgan fingerprint density at radius 2 is 1.89 bits per heavy atom. The highest BCUT2D eigenvalue weighted by atomic mass is 16.5. The fraction of sp³-hybridized carbons (Fsp3) is 0.867. The van der Waals surface area contributed by atoms with E-state index in [0.29, 0.717) is 17.9 Å². The smallest absolute Gasteiger partial charge is 0.228 e. The summed E-state index contributed by atoms with van der Waals surface area (Å²) >= 11 is 0. The molecule has 1 atom stereocenters. The van der Waals surface area contributed by atoms with E-state index < -0.39 is 0 Å². The van der Waals surface area contributed by atoms with Crippen LogP contribution in [0.2, 0.25) is 0 Å². The lowest BCUT2D eigenvalue weighted by atomic mass is 10.0. The number of rotatable bonds is 9. The average Bonchev–Trinajstić information content (AvgIpc) is 2.73. The van der Waals surface area contributed by atoms with Crippen LogP contribution in [0.15, 0.2) is 4.52 Å². The van der Waals surface area contributed by atoms with Gasteiger partial charge in [-0.15, -0.1) is 0 Å². The minimum atomic E-state index is 0.434. The van der Waals surface area contributed by atoms with Gasteiger partial charge in [-0.05, 0) is 31.2 Å². The Hall–Kier alpha value is -0.900. The van der Waals surface area contributed by atoms with Crippen molar-refractivity contribution in [3.63, 3.8) is 0 Å². The molecule has 1 rings (SSSR count). The molecule has 1 heterocycles. The third kappa shape index (κ3) is 6.71. The third-order valence-corrected chi connectivity index (χ3v) is 3.13. The summed E-state index contributed by atoms with van der Waals surface area (Å²) in [7, 11) is 0. The van der Waals surface area contributed by atoms with Crippen molar-refractivity contribution >= 4 is 0 Å². The monoisotopic (exact) mass is 267 g/mol. The van der Waals surface area contributed by atoms with Gasteiger partial charge >= 0.3 is 0 Å². The summed E-state index contributed by atoms with van der Waals surface area (Å²) in [5.41, 5.74) is 0. The number of hydrogen-bond acceptors (Lipinski definition) is 4. The lowest BCUT2D eigenvalue weighted by Gasteiger charge is -2.17. The van der Waals surface area contributed by atoms with Gasteiger partial charge in [0.05, 0.1) is 0 Å². The molecule has 1 aromatic rings. The van der Waals surface area contributed by atoms with Crippen LogP contribution in [0, 0.1) is 11.8 Å². The van der Waals surface area contributed by atoms with E-state index in [1.165, 1.54) is 0 Å². The van der Waals surface area contributed by atoms with Crippen LogP contribution in [-0.4, -0.2) is 22.7 Å². The Morgan fingerprint density at radius 1 is 1.16 bits per heavy atom. The first-order valence-electron chi connectivity index (χ1n) is 7.56. The van der Waals surface area contributed by atoms with Crippen LogP contribution in [0.1, 0.15) is 59.2 Å². The van der Waals surface area contributed by atoms with E-state index in [2.05, 4.69) is 50.1 Å². The van der Waals surface area contributed by atoms with E-state index in [0.717, 1.165) is 43.9 Å². The Bertz CT molecular complexity index is 347. The Kier molecular flexibility index (Phi) is 7.06. The van der Waals surface area contributed by atoms with Gasteiger partial charge in [-0.2, -0.15) is 4.98 Å². The summed E-state index contributed by atoms with van der Waals surface area (Å²) in [6, 6.07) is 0.434. The maximum atomic E-state index is 5.35. The highest BCUT2D eigenvalue weighted by molar-refractivity contribution is 4.90. The van der Waals surface area contributed by atoms with Crippen molar-refractivity contribution in [3.8, 4) is 0 Å². The minimum Gasteiger partial charge on any atom is -0.339 e. The molecule has 0 amide bonds. The Balaban J connectivity index is 2.49. The molecular formula is C15H29N3O. The normalized spacial score (nSPS) is 13.4. The lowest BCUT2D eigenvalue weighted by Crippen LogP contribution is -2.32. The zero-order valence-electron chi connectivity index (χ0n) is 13.1. The van der Waals surface area contributed by atoms with Crippen molar-refractivity contribution in [2.45, 2.75) is 66.3 Å². The highest BCUT2D eigenvalue weighted by Crippen LogP contribution is 2.11. The van der Waals surface area contributed by atoms with Gasteiger partial charge in [0.1, 0.15) is 0 Å². The van der Waals surface area contributed by atoms with E-state index in [-0.39, 0.29) is 0 Å². The van der Waals surface area contributed by atoms with Gasteiger partial charge in [-0.1, -0.05) is 39.8 Å². The third-order valence-electron chi connectivity index (χ3n) is 3.13. The summed E-state index contributed by atoms with van der Waals surface area (Å²) in [6.07, 6.45) is 4.00. The van der Waals surface area contributed by atoms with Crippen LogP contribution in [0.5, 0.6) is 0 Å². The Labute approximate surface area is 117 Å². The largest absolute Gasteiger partial charge is 0.339 e. The SMILES string of the molecule is CCNC(Cc1nc(CCC(C)C)no1)CC(C)C. The number of hydrogen-bond donors (Lipinski definition) is 1. The van der Waals surface area contributed by atoms with E-state index >= 15 is 0 Å². The maximum Gasteiger partial charge on any atom is 0.228 e. The zero-order valence-corrected chi connectivity index (χ0v) is 13.1. The average molecular weight is 267 g/mol. The molecule has 1 N–H and O–H groups in total. The molecule has 0 fully saturated rings. The summed E-state index contributed by atoms with van der Waals surface area (Å²) in [5, 5.41) is 7.56. The summed E-state index contributed by atoms with van der Waals surface area (Å²) in [4.78, 5) is 4.49. The summed E-state index contributed by atoms with van der Waals surface area (Å²) in [6.45, 7) is 12.0. The number of likely N-dealkylation sites (N-methyl/N-ethyl adjacent to an activating group) is 1. The first kappa shape index (κ1) is 16.2. The highest BCUT2D eigenvalue weighted by Gasteiger charge is 2.15. The number of nitrogens with zero attached hydrogens (tertiary/aromatic N) is 2. The minimum absolute atomic E-state index is 0.434. The van der Waals surface area contributed by atoms with E-state index in [1.54, 1.807) is 0 Å². The van der Waals surface area contributed by atoms with Crippen LogP contribution in [0.3, 0.4) is 0 Å². The van der Waals surface area contributed by atoms with Crippen molar-refractivity contribution < 1.29 is 4.52 Å². The van der Waals surface area contributed by atoms with Crippen LogP contribution < -0.4 is 5.32 Å². The molecule has 110 valence electrons. The molecule has 4 nitrogen and oxygen atoms in total. The van der Waals surface area contributed by atoms with Crippen molar-refractivity contribution in [2.24, 2.45) is 11.8 Å². The van der Waals surface area contributed by atoms with Crippen molar-refractivity contribution in [3.05, 3.63) is 11.7 Å². The number of nitrogens with one attached hydrogen (secondary N) is 1. The van der Waals surface area contributed by atoms with Gasteiger partial charge in [-0.3, -0.25) is 0 Å². The Morgan fingerprint density at radius 3 is 2.47 bits per heavy atom. The first-order chi connectivity index (χ1) is 9.01. The molecule has 0 radical (unpaired) electrons. The van der Waals surface area contributed by atoms with Gasteiger partial charge in [0.2, 0.25) is 5.89 Å². The van der Waals surface area contributed by atoms with E-state index in [9.17, 15) is 0 Å². The van der Waals surface area contributed by atoms with Crippen LogP contribution >= 0.6 is 0 Å². The molecule has 0 saturated carbocycles. The molecule has 19 heavy (non-hydrogen) atoms. The second-order valence-corrected chi connectivity index (χ2v) is 6.13. The summed E-state index contributed by atoms with van der Waals surface area (Å²) < 4.78 is 5.35. The van der Waals surface area contributed by atoms with Crippen LogP contribution in [0.25, 0.3) is 0 Å². The van der Waals surface area contributed by atoms with Crippen molar-refractivity contribution in [1.82, 2.24) is 15.5 Å². The van der Waals surface area contributed by atoms with Crippen molar-refractivity contribution in [2.75, 3.05) is 6.54 Å². The fourth-order valence-corrected chi connectivity index (χ4v) is 2.20. The first-order valence-corrected chi connectivity index (χ1v) is 7.56. The molecule has 0 aliphatic rings. The lowest BCUT2D eigenvalue weighted by molar-refractivity contribution is 0.337. The quantitative estimate of drug-likeness (QED) is 0.746. The van der Waals surface area contributed by atoms with E-state index in [1.807, 2.05) is 0 Å². The number of aromatic nitrogens is 2.